The van der Waals surface area contributed by atoms with Crippen LogP contribution in [-0.4, -0.2) is 48.0 Å². The number of nitriles is 1. The summed E-state index contributed by atoms with van der Waals surface area (Å²) in [6.45, 7) is 5.71. The van der Waals surface area contributed by atoms with Crippen molar-refractivity contribution in [1.82, 2.24) is 19.4 Å². The molecule has 2 aromatic carbocycles. The lowest BCUT2D eigenvalue weighted by molar-refractivity contribution is 0.146. The van der Waals surface area contributed by atoms with Gasteiger partial charge in [0.05, 0.1) is 34.8 Å². The van der Waals surface area contributed by atoms with Gasteiger partial charge in [0.25, 0.3) is 0 Å². The monoisotopic (exact) mass is 559 g/mol. The summed E-state index contributed by atoms with van der Waals surface area (Å²) in [6.07, 6.45) is 3.33. The average Bonchev–Trinajstić information content (AvgIpc) is 3.25. The van der Waals surface area contributed by atoms with Crippen molar-refractivity contribution in [2.45, 2.75) is 26.3 Å². The lowest BCUT2D eigenvalue weighted by Gasteiger charge is -2.39. The van der Waals surface area contributed by atoms with Gasteiger partial charge >= 0.3 is 10.5 Å². The number of halogens is 1. The number of fused-ring (bicyclic) bond motifs is 4. The third kappa shape index (κ3) is 4.49. The molecule has 40 heavy (non-hydrogen) atoms. The molecule has 1 saturated heterocycles. The molecule has 11 heteroatoms. The zero-order chi connectivity index (χ0) is 28.3. The quantitative estimate of drug-likeness (QED) is 0.295. The Hall–Kier alpha value is -4.27. The van der Waals surface area contributed by atoms with Crippen molar-refractivity contribution in [3.63, 3.8) is 0 Å². The zero-order valence-electron chi connectivity index (χ0n) is 22.1. The van der Waals surface area contributed by atoms with Gasteiger partial charge in [-0.2, -0.15) is 13.7 Å². The van der Waals surface area contributed by atoms with E-state index < -0.39 is 10.5 Å². The smallest absolute Gasteiger partial charge is 0.357 e. The van der Waals surface area contributed by atoms with Crippen LogP contribution >= 0.6 is 0 Å². The summed E-state index contributed by atoms with van der Waals surface area (Å²) >= 11 is 0. The lowest BCUT2D eigenvalue weighted by atomic mass is 9.91. The van der Waals surface area contributed by atoms with Gasteiger partial charge in [0.2, 0.25) is 0 Å². The molecule has 1 N–H and O–H groups in total. The van der Waals surface area contributed by atoms with Crippen LogP contribution in [0.2, 0.25) is 0 Å². The molecule has 0 spiro atoms. The maximum Gasteiger partial charge on any atom is 0.488 e. The van der Waals surface area contributed by atoms with Gasteiger partial charge in [-0.1, -0.05) is 23.8 Å². The molecular formula is C29H26FN5O4S. The fourth-order valence-corrected chi connectivity index (χ4v) is 6.07. The first-order chi connectivity index (χ1) is 19.0. The van der Waals surface area contributed by atoms with E-state index in [1.807, 2.05) is 25.2 Å². The van der Waals surface area contributed by atoms with Crippen molar-refractivity contribution in [3.8, 4) is 22.9 Å². The number of nitrogens with zero attached hydrogens (tertiary/aromatic N) is 4. The summed E-state index contributed by atoms with van der Waals surface area (Å²) in [7, 11) is -3.19. The predicted octanol–water partition coefficient (Wildman–Crippen LogP) is 4.85. The van der Waals surface area contributed by atoms with Gasteiger partial charge in [-0.3, -0.25) is 9.78 Å². The van der Waals surface area contributed by atoms with Crippen molar-refractivity contribution in [1.29, 1.82) is 5.26 Å². The first-order valence-corrected chi connectivity index (χ1v) is 14.2. The molecule has 0 aliphatic carbocycles. The highest BCUT2D eigenvalue weighted by molar-refractivity contribution is 7.81. The molecule has 3 aromatic heterocycles. The number of rotatable bonds is 6. The maximum absolute atomic E-state index is 14.1. The third-order valence-electron chi connectivity index (χ3n) is 7.36. The number of pyridine rings is 2. The van der Waals surface area contributed by atoms with Crippen LogP contribution in [0.5, 0.6) is 5.75 Å². The Bertz CT molecular complexity index is 2040. The van der Waals surface area contributed by atoms with E-state index in [1.54, 1.807) is 18.3 Å². The zero-order valence-corrected chi connectivity index (χ0v) is 22.9. The largest absolute Gasteiger partial charge is 0.488 e. The van der Waals surface area contributed by atoms with Crippen LogP contribution in [0.4, 0.5) is 3.89 Å². The molecular weight excluding hydrogens is 533 g/mol. The van der Waals surface area contributed by atoms with Crippen LogP contribution in [0.1, 0.15) is 31.0 Å². The Labute approximate surface area is 229 Å². The van der Waals surface area contributed by atoms with Crippen LogP contribution in [0, 0.1) is 17.2 Å². The number of H-pyrrole nitrogens is 1. The molecule has 0 amide bonds. The number of benzene rings is 2. The molecule has 0 bridgehead atoms. The van der Waals surface area contributed by atoms with Crippen molar-refractivity contribution >= 4 is 43.3 Å². The minimum atomic E-state index is -5.22. The number of hydrogen-bond donors (Lipinski definition) is 1. The van der Waals surface area contributed by atoms with E-state index in [2.05, 4.69) is 43.5 Å². The Morgan fingerprint density at radius 1 is 1.18 bits per heavy atom. The van der Waals surface area contributed by atoms with Crippen LogP contribution in [-0.2, 0) is 16.9 Å². The minimum Gasteiger partial charge on any atom is -0.357 e. The second kappa shape index (κ2) is 9.43. The van der Waals surface area contributed by atoms with Crippen molar-refractivity contribution in [2.24, 2.45) is 5.92 Å². The first kappa shape index (κ1) is 26.0. The number of aromatic amines is 1. The molecule has 1 fully saturated rings. The Kier molecular flexibility index (Phi) is 6.12. The van der Waals surface area contributed by atoms with E-state index >= 15 is 0 Å². The molecule has 0 saturated carbocycles. The van der Waals surface area contributed by atoms with Gasteiger partial charge in [-0.25, -0.2) is 0 Å². The van der Waals surface area contributed by atoms with Crippen molar-refractivity contribution in [2.75, 3.05) is 20.1 Å². The van der Waals surface area contributed by atoms with E-state index in [4.69, 9.17) is 0 Å². The number of nitrogens with one attached hydrogen (secondary N) is 1. The maximum atomic E-state index is 14.1. The fourth-order valence-electron chi connectivity index (χ4n) is 5.75. The van der Waals surface area contributed by atoms with Crippen LogP contribution in [0.25, 0.3) is 44.0 Å². The van der Waals surface area contributed by atoms with Gasteiger partial charge < -0.3 is 18.6 Å². The van der Waals surface area contributed by atoms with E-state index in [9.17, 15) is 22.4 Å². The Morgan fingerprint density at radius 2 is 1.95 bits per heavy atom. The van der Waals surface area contributed by atoms with Crippen LogP contribution < -0.4 is 9.61 Å². The summed E-state index contributed by atoms with van der Waals surface area (Å²) in [5, 5.41) is 11.3. The molecule has 5 aromatic rings. The Morgan fingerprint density at radius 3 is 2.62 bits per heavy atom. The molecule has 1 aliphatic rings. The second-order valence-electron chi connectivity index (χ2n) is 10.8. The van der Waals surface area contributed by atoms with E-state index in [0.29, 0.717) is 39.5 Å². The summed E-state index contributed by atoms with van der Waals surface area (Å²) in [6, 6.07) is 12.8. The van der Waals surface area contributed by atoms with Crippen LogP contribution in [0.3, 0.4) is 0 Å². The summed E-state index contributed by atoms with van der Waals surface area (Å²) < 4.78 is 42.1. The normalized spacial score (nSPS) is 14.7. The van der Waals surface area contributed by atoms with E-state index in [1.165, 1.54) is 6.07 Å². The highest BCUT2D eigenvalue weighted by Crippen LogP contribution is 2.36. The molecule has 1 aliphatic heterocycles. The second-order valence-corrected chi connectivity index (χ2v) is 11.8. The molecule has 9 nitrogen and oxygen atoms in total. The third-order valence-corrected chi connectivity index (χ3v) is 7.75. The van der Waals surface area contributed by atoms with Crippen LogP contribution in [0.15, 0.2) is 53.6 Å². The lowest BCUT2D eigenvalue weighted by Crippen LogP contribution is -2.45. The van der Waals surface area contributed by atoms with Gasteiger partial charge in [-0.05, 0) is 60.8 Å². The van der Waals surface area contributed by atoms with Gasteiger partial charge in [0.15, 0.2) is 11.2 Å². The van der Waals surface area contributed by atoms with E-state index in [-0.39, 0.29) is 23.1 Å². The number of hydrogen-bond acceptors (Lipinski definition) is 7. The van der Waals surface area contributed by atoms with Crippen molar-refractivity contribution < 1.29 is 16.5 Å². The highest BCUT2D eigenvalue weighted by atomic mass is 32.3. The topological polar surface area (TPSA) is 121 Å². The number of aromatic nitrogens is 3. The van der Waals surface area contributed by atoms with Gasteiger partial charge in [0, 0.05) is 41.1 Å². The van der Waals surface area contributed by atoms with E-state index in [0.717, 1.165) is 41.3 Å². The Balaban J connectivity index is 1.69. The number of likely N-dealkylation sites (tertiary alicyclic amines) is 1. The molecule has 6 rings (SSSR count). The minimum absolute atomic E-state index is 0.0902. The summed E-state index contributed by atoms with van der Waals surface area (Å²) in [5.74, 6) is 0.00603. The number of likely N-dealkylation sites (N-methyl/N-ethyl adjacent to an activating group) is 1. The molecule has 4 heterocycles. The molecule has 204 valence electrons. The average molecular weight is 560 g/mol. The first-order valence-electron chi connectivity index (χ1n) is 12.9. The predicted molar refractivity (Wildman–Crippen MR) is 151 cm³/mol. The molecule has 0 unspecified atom stereocenters. The molecule has 0 radical (unpaired) electrons. The van der Waals surface area contributed by atoms with Crippen molar-refractivity contribution in [3.05, 3.63) is 70.1 Å². The van der Waals surface area contributed by atoms with Gasteiger partial charge in [0.1, 0.15) is 5.65 Å². The molecule has 0 atom stereocenters. The highest BCUT2D eigenvalue weighted by Gasteiger charge is 2.29. The standard InChI is InChI=1S/C29H26FN5O4S/c1-16(2)6-18-9-24-26(10-23(18)19-8-21(13-32-12-19)39-40(30,37)38)35(20-14-34(3)15-20)29-27(28(24)36)22-5-4-17(11-31)7-25(22)33-29/h4-5,7-10,12-13,16,20,33H,6,14-15H2,1-3H3. The summed E-state index contributed by atoms with van der Waals surface area (Å²) in [4.78, 5) is 23.8. The SMILES string of the molecule is CC(C)Cc1cc2c(=O)c3c4ccc(C#N)cc4[nH]c3n(C3CN(C)C3)c2cc1-c1cncc(OS(=O)(=O)F)c1. The summed E-state index contributed by atoms with van der Waals surface area (Å²) in [5.41, 5.74) is 4.67. The fraction of sp³-hybridized carbons (Fsp3) is 0.276. The van der Waals surface area contributed by atoms with Gasteiger partial charge in [-0.15, -0.1) is 0 Å².